The van der Waals surface area contributed by atoms with E-state index in [1.807, 2.05) is 11.3 Å². The largest absolute Gasteiger partial charge is 0.208 e. The van der Waals surface area contributed by atoms with Crippen LogP contribution in [0.5, 0.6) is 0 Å². The first-order valence-corrected chi connectivity index (χ1v) is 21.9. The fraction of sp³-hybridized carbons (Fsp3) is 0.0172. The van der Waals surface area contributed by atoms with Gasteiger partial charge in [0.15, 0.2) is 17.5 Å². The molecule has 0 saturated carbocycles. The number of hydrogen-bond acceptors (Lipinski definition) is 4. The third-order valence-electron chi connectivity index (χ3n) is 13.0. The number of benzene rings is 9. The van der Waals surface area contributed by atoms with Crippen LogP contribution in [-0.4, -0.2) is 15.0 Å². The smallest absolute Gasteiger partial charge is 0.164 e. The topological polar surface area (TPSA) is 38.7 Å². The Morgan fingerprint density at radius 1 is 0.274 bits per heavy atom. The van der Waals surface area contributed by atoms with Gasteiger partial charge in [0.2, 0.25) is 0 Å². The van der Waals surface area contributed by atoms with Crippen LogP contribution < -0.4 is 0 Å². The Kier molecular flexibility index (Phi) is 7.69. The van der Waals surface area contributed by atoms with Crippen molar-refractivity contribution >= 4 is 31.5 Å². The zero-order valence-electron chi connectivity index (χ0n) is 33.5. The predicted molar refractivity (Wildman–Crippen MR) is 256 cm³/mol. The Morgan fingerprint density at radius 2 is 0.726 bits per heavy atom. The molecule has 9 aromatic carbocycles. The molecule has 0 unspecified atom stereocenters. The molecule has 0 saturated heterocycles. The minimum absolute atomic E-state index is 0.553. The van der Waals surface area contributed by atoms with Gasteiger partial charge in [-0.2, -0.15) is 0 Å². The minimum atomic E-state index is -0.553. The summed E-state index contributed by atoms with van der Waals surface area (Å²) in [5.41, 5.74) is 17.1. The van der Waals surface area contributed by atoms with Crippen molar-refractivity contribution in [3.8, 4) is 78.7 Å². The van der Waals surface area contributed by atoms with Crippen LogP contribution >= 0.6 is 11.3 Å². The molecule has 11 aromatic rings. The monoisotopic (exact) mass is 805 g/mol. The molecule has 4 heteroatoms. The van der Waals surface area contributed by atoms with Gasteiger partial charge in [-0.15, -0.1) is 11.3 Å². The van der Waals surface area contributed by atoms with E-state index in [4.69, 9.17) is 15.0 Å². The first kappa shape index (κ1) is 35.0. The number of hydrogen-bond donors (Lipinski definition) is 0. The third kappa shape index (κ3) is 5.14. The van der Waals surface area contributed by atoms with E-state index in [2.05, 4.69) is 212 Å². The molecule has 288 valence electrons. The minimum Gasteiger partial charge on any atom is -0.208 e. The van der Waals surface area contributed by atoms with Crippen molar-refractivity contribution in [2.24, 2.45) is 0 Å². The maximum Gasteiger partial charge on any atom is 0.164 e. The normalized spacial score (nSPS) is 13.0. The van der Waals surface area contributed by atoms with Gasteiger partial charge in [-0.1, -0.05) is 176 Å². The van der Waals surface area contributed by atoms with E-state index in [-0.39, 0.29) is 0 Å². The molecule has 0 N–H and O–H groups in total. The Labute approximate surface area is 363 Å². The van der Waals surface area contributed by atoms with Crippen LogP contribution in [0.15, 0.2) is 212 Å². The van der Waals surface area contributed by atoms with Crippen LogP contribution in [0, 0.1) is 0 Å². The molecule has 0 fully saturated rings. The van der Waals surface area contributed by atoms with Crippen molar-refractivity contribution in [1.29, 1.82) is 0 Å². The van der Waals surface area contributed by atoms with Gasteiger partial charge in [0.1, 0.15) is 0 Å². The summed E-state index contributed by atoms with van der Waals surface area (Å²) in [7, 11) is 0. The standard InChI is InChI=1S/C58H35N3S/c1-2-15-36(16-3-1)37-17-14-18-38(33-37)55-59-56(61-57(60-55)40-30-32-54-48(35-40)46-24-9-13-28-53(46)62-54)39-29-31-52-47(34-39)45-23-8-12-27-51(45)58(52)49-25-10-6-21-43(49)41-19-4-5-20-42(41)44-22-7-11-26-50(44)58/h1-35H. The van der Waals surface area contributed by atoms with Crippen LogP contribution in [0.3, 0.4) is 0 Å². The van der Waals surface area contributed by atoms with E-state index in [0.717, 1.165) is 27.8 Å². The quantitative estimate of drug-likeness (QED) is 0.178. The van der Waals surface area contributed by atoms with Gasteiger partial charge < -0.3 is 0 Å². The number of fused-ring (bicyclic) bond motifs is 15. The summed E-state index contributed by atoms with van der Waals surface area (Å²) in [6, 6.07) is 77.0. The van der Waals surface area contributed by atoms with E-state index in [9.17, 15) is 0 Å². The second-order valence-electron chi connectivity index (χ2n) is 16.3. The van der Waals surface area contributed by atoms with E-state index in [1.165, 1.54) is 75.8 Å². The Morgan fingerprint density at radius 3 is 1.39 bits per heavy atom. The van der Waals surface area contributed by atoms with Crippen molar-refractivity contribution in [1.82, 2.24) is 15.0 Å². The third-order valence-corrected chi connectivity index (χ3v) is 14.1. The fourth-order valence-electron chi connectivity index (χ4n) is 10.3. The van der Waals surface area contributed by atoms with Gasteiger partial charge in [-0.05, 0) is 103 Å². The molecule has 13 rings (SSSR count). The summed E-state index contributed by atoms with van der Waals surface area (Å²) in [5, 5.41) is 2.46. The van der Waals surface area contributed by atoms with Gasteiger partial charge >= 0.3 is 0 Å². The first-order chi connectivity index (χ1) is 30.7. The van der Waals surface area contributed by atoms with Crippen LogP contribution in [-0.2, 0) is 5.41 Å². The highest BCUT2D eigenvalue weighted by molar-refractivity contribution is 7.25. The zero-order chi connectivity index (χ0) is 40.8. The van der Waals surface area contributed by atoms with Gasteiger partial charge in [-0.25, -0.2) is 15.0 Å². The molecular formula is C58H35N3S. The lowest BCUT2D eigenvalue weighted by Crippen LogP contribution is -2.29. The van der Waals surface area contributed by atoms with Gasteiger partial charge in [0.05, 0.1) is 5.41 Å². The lowest BCUT2D eigenvalue weighted by Gasteiger charge is -2.35. The maximum absolute atomic E-state index is 5.33. The molecule has 0 amide bonds. The molecule has 62 heavy (non-hydrogen) atoms. The molecule has 2 aliphatic rings. The summed E-state index contributed by atoms with van der Waals surface area (Å²) in [6.07, 6.45) is 0. The summed E-state index contributed by atoms with van der Waals surface area (Å²) < 4.78 is 2.52. The lowest BCUT2D eigenvalue weighted by molar-refractivity contribution is 0.775. The summed E-state index contributed by atoms with van der Waals surface area (Å²) in [5.74, 6) is 1.93. The van der Waals surface area contributed by atoms with E-state index in [1.54, 1.807) is 0 Å². The second kappa shape index (κ2) is 13.6. The highest BCUT2D eigenvalue weighted by atomic mass is 32.1. The molecular weight excluding hydrogens is 771 g/mol. The highest BCUT2D eigenvalue weighted by Gasteiger charge is 2.49. The average Bonchev–Trinajstić information content (AvgIpc) is 3.84. The number of thiophene rings is 1. The van der Waals surface area contributed by atoms with Crippen molar-refractivity contribution in [2.75, 3.05) is 0 Å². The van der Waals surface area contributed by atoms with E-state index >= 15 is 0 Å². The fourth-order valence-corrected chi connectivity index (χ4v) is 11.4. The number of aromatic nitrogens is 3. The van der Waals surface area contributed by atoms with Crippen molar-refractivity contribution in [3.63, 3.8) is 0 Å². The molecule has 2 aromatic heterocycles. The Hall–Kier alpha value is -7.79. The van der Waals surface area contributed by atoms with Crippen LogP contribution in [0.1, 0.15) is 22.3 Å². The molecule has 0 atom stereocenters. The van der Waals surface area contributed by atoms with Gasteiger partial charge in [-0.3, -0.25) is 0 Å². The van der Waals surface area contributed by atoms with Crippen molar-refractivity contribution in [2.45, 2.75) is 5.41 Å². The SMILES string of the molecule is c1ccc(-c2cccc(-c3nc(-c4ccc5c(c4)-c4ccccc4C54c5ccccc5-c5ccccc5-c5ccccc54)nc(-c4ccc5sc6ccccc6c5c4)n3)c2)cc1. The number of nitrogens with zero attached hydrogens (tertiary/aromatic N) is 3. The Bertz CT molecular complexity index is 3540. The van der Waals surface area contributed by atoms with E-state index in [0.29, 0.717) is 17.5 Å². The van der Waals surface area contributed by atoms with Crippen molar-refractivity contribution in [3.05, 3.63) is 235 Å². The van der Waals surface area contributed by atoms with Crippen LogP contribution in [0.25, 0.3) is 98.8 Å². The zero-order valence-corrected chi connectivity index (χ0v) is 34.3. The molecule has 0 aliphatic heterocycles. The average molecular weight is 806 g/mol. The molecule has 1 spiro atoms. The van der Waals surface area contributed by atoms with Crippen molar-refractivity contribution < 1.29 is 0 Å². The lowest BCUT2D eigenvalue weighted by atomic mass is 9.66. The second-order valence-corrected chi connectivity index (χ2v) is 17.3. The summed E-state index contributed by atoms with van der Waals surface area (Å²) >= 11 is 1.82. The Balaban J connectivity index is 1.05. The van der Waals surface area contributed by atoms with E-state index < -0.39 is 5.41 Å². The molecule has 3 nitrogen and oxygen atoms in total. The molecule has 0 radical (unpaired) electrons. The van der Waals surface area contributed by atoms with Gasteiger partial charge in [0, 0.05) is 36.9 Å². The van der Waals surface area contributed by atoms with Crippen LogP contribution in [0.4, 0.5) is 0 Å². The predicted octanol–water partition coefficient (Wildman–Crippen LogP) is 14.9. The van der Waals surface area contributed by atoms with Gasteiger partial charge in [0.25, 0.3) is 0 Å². The maximum atomic E-state index is 5.33. The molecule has 2 aliphatic carbocycles. The first-order valence-electron chi connectivity index (χ1n) is 21.1. The van der Waals surface area contributed by atoms with Crippen LogP contribution in [0.2, 0.25) is 0 Å². The summed E-state index contributed by atoms with van der Waals surface area (Å²) in [6.45, 7) is 0. The summed E-state index contributed by atoms with van der Waals surface area (Å²) in [4.78, 5) is 15.9. The molecule has 2 heterocycles. The highest BCUT2D eigenvalue weighted by Crippen LogP contribution is 2.61. The molecule has 0 bridgehead atoms. The number of rotatable bonds is 4.